The van der Waals surface area contributed by atoms with E-state index < -0.39 is 10.8 Å². The predicted molar refractivity (Wildman–Crippen MR) is 251 cm³/mol. The summed E-state index contributed by atoms with van der Waals surface area (Å²) in [6.45, 7) is 2.26. The second-order valence-corrected chi connectivity index (χ2v) is 16.5. The van der Waals surface area contributed by atoms with Crippen LogP contribution in [-0.4, -0.2) is 7.28 Å². The summed E-state index contributed by atoms with van der Waals surface area (Å²) in [5, 5.41) is 4.04. The van der Waals surface area contributed by atoms with E-state index in [0.717, 1.165) is 18.7 Å². The number of benzene rings is 9. The van der Waals surface area contributed by atoms with Crippen molar-refractivity contribution in [3.8, 4) is 11.1 Å². The first kappa shape index (κ1) is 34.7. The largest absolute Gasteiger partial charge is 0.354 e. The Bertz CT molecular complexity index is 3030. The molecule has 3 aliphatic rings. The summed E-state index contributed by atoms with van der Waals surface area (Å²) in [5.41, 5.74) is 21.6. The lowest BCUT2D eigenvalue weighted by Crippen LogP contribution is -2.47. The van der Waals surface area contributed by atoms with Crippen LogP contribution < -0.4 is 21.1 Å². The van der Waals surface area contributed by atoms with Crippen molar-refractivity contribution < 1.29 is 0 Å². The molecule has 0 bridgehead atoms. The van der Waals surface area contributed by atoms with Gasteiger partial charge >= 0.3 is 0 Å². The van der Waals surface area contributed by atoms with Crippen molar-refractivity contribution in [1.29, 1.82) is 0 Å². The Morgan fingerprint density at radius 1 is 0.417 bits per heavy atom. The molecule has 0 amide bonds. The van der Waals surface area contributed by atoms with E-state index in [1.54, 1.807) is 0 Å². The van der Waals surface area contributed by atoms with Gasteiger partial charge < -0.3 is 10.2 Å². The standard InChI is InChI=1S/C57H41BN2/c1-38-36-44(43-28-18-31-47-54(43)59-50-34-16-14-29-45(50)56(47,39-20-6-2-7-21-39)40-22-8-3-9-23-40)53-52(37-38)60-51-35-17-15-30-46(51)57(41-24-10-4-11-25-41,42-26-12-5-13-27-42)48-32-19-33-49(58-53)55(48)60/h2-37,58-59H,1H3. The van der Waals surface area contributed by atoms with Crippen molar-refractivity contribution in [2.24, 2.45) is 0 Å². The molecule has 0 aliphatic carbocycles. The number of hydrogen-bond donors (Lipinski definition) is 1. The van der Waals surface area contributed by atoms with Crippen molar-refractivity contribution in [1.82, 2.24) is 0 Å². The minimum atomic E-state index is -0.537. The third-order valence-electron chi connectivity index (χ3n) is 13.5. The Kier molecular flexibility index (Phi) is 7.71. The van der Waals surface area contributed by atoms with Gasteiger partial charge in [0.25, 0.3) is 0 Å². The second kappa shape index (κ2) is 13.3. The van der Waals surface area contributed by atoms with Crippen LogP contribution in [0, 0.1) is 6.92 Å². The average Bonchev–Trinajstić information content (AvgIpc) is 3.31. The minimum Gasteiger partial charge on any atom is -0.354 e. The molecule has 1 N–H and O–H groups in total. The summed E-state index contributed by atoms with van der Waals surface area (Å²) in [5.74, 6) is 0. The highest BCUT2D eigenvalue weighted by molar-refractivity contribution is 6.73. The van der Waals surface area contributed by atoms with E-state index >= 15 is 0 Å². The van der Waals surface area contributed by atoms with Crippen LogP contribution in [0.3, 0.4) is 0 Å². The molecule has 3 heteroatoms. The minimum absolute atomic E-state index is 0.501. The van der Waals surface area contributed by atoms with Crippen LogP contribution in [0.4, 0.5) is 28.4 Å². The van der Waals surface area contributed by atoms with E-state index in [1.807, 2.05) is 0 Å². The third-order valence-corrected chi connectivity index (χ3v) is 13.5. The van der Waals surface area contributed by atoms with Crippen LogP contribution >= 0.6 is 0 Å². The average molecular weight is 765 g/mol. The van der Waals surface area contributed by atoms with E-state index in [0.29, 0.717) is 0 Å². The molecule has 60 heavy (non-hydrogen) atoms. The SMILES string of the molecule is Cc1cc(-c2cccc3c2Nc2ccccc2C3(c2ccccc2)c2ccccc2)c2c(c1)N1c3ccccc3C(c3ccccc3)(c3ccccc3)c3cccc(c31)B2. The fourth-order valence-electron chi connectivity index (χ4n) is 11.2. The number of nitrogens with one attached hydrogen (secondary N) is 1. The van der Waals surface area contributed by atoms with E-state index in [1.165, 1.54) is 89.2 Å². The van der Waals surface area contributed by atoms with E-state index in [9.17, 15) is 0 Å². The Morgan fingerprint density at radius 2 is 0.917 bits per heavy atom. The van der Waals surface area contributed by atoms with Crippen molar-refractivity contribution in [2.75, 3.05) is 10.2 Å². The lowest BCUT2D eigenvalue weighted by atomic mass is 9.54. The molecule has 0 unspecified atom stereocenters. The zero-order valence-electron chi connectivity index (χ0n) is 33.4. The molecule has 9 aromatic rings. The molecular formula is C57H41BN2. The fraction of sp³-hybridized carbons (Fsp3) is 0.0526. The fourth-order valence-corrected chi connectivity index (χ4v) is 11.2. The predicted octanol–water partition coefficient (Wildman–Crippen LogP) is 12.0. The van der Waals surface area contributed by atoms with Gasteiger partial charge in [0.15, 0.2) is 7.28 Å². The maximum absolute atomic E-state index is 4.04. The Balaban J connectivity index is 1.13. The maximum Gasteiger partial charge on any atom is 0.198 e. The van der Waals surface area contributed by atoms with Crippen molar-refractivity contribution >= 4 is 46.6 Å². The molecule has 3 aliphatic heterocycles. The van der Waals surface area contributed by atoms with Crippen LogP contribution in [-0.2, 0) is 10.8 Å². The molecular weight excluding hydrogens is 723 g/mol. The first-order chi connectivity index (χ1) is 29.7. The normalized spacial score (nSPS) is 14.6. The van der Waals surface area contributed by atoms with Crippen LogP contribution in [0.1, 0.15) is 50.1 Å². The van der Waals surface area contributed by atoms with Gasteiger partial charge in [0.2, 0.25) is 0 Å². The van der Waals surface area contributed by atoms with Crippen molar-refractivity contribution in [3.05, 3.63) is 268 Å². The summed E-state index contributed by atoms with van der Waals surface area (Å²) in [4.78, 5) is 2.59. The lowest BCUT2D eigenvalue weighted by Gasteiger charge is -2.49. The molecule has 9 aromatic carbocycles. The van der Waals surface area contributed by atoms with Crippen molar-refractivity contribution in [3.63, 3.8) is 0 Å². The molecule has 0 aromatic heterocycles. The second-order valence-electron chi connectivity index (χ2n) is 16.5. The van der Waals surface area contributed by atoms with Gasteiger partial charge in [0.1, 0.15) is 0 Å². The Labute approximate surface area is 352 Å². The third kappa shape index (κ3) is 4.72. The number of para-hydroxylation sites is 4. The topological polar surface area (TPSA) is 15.3 Å². The molecule has 0 atom stereocenters. The zero-order chi connectivity index (χ0) is 39.8. The Morgan fingerprint density at radius 3 is 1.55 bits per heavy atom. The smallest absolute Gasteiger partial charge is 0.198 e. The monoisotopic (exact) mass is 764 g/mol. The van der Waals surface area contributed by atoms with Gasteiger partial charge in [0.05, 0.1) is 22.2 Å². The number of anilines is 5. The molecule has 3 heterocycles. The molecule has 0 fully saturated rings. The maximum atomic E-state index is 4.04. The number of rotatable bonds is 5. The molecule has 12 rings (SSSR count). The molecule has 282 valence electrons. The molecule has 0 saturated heterocycles. The van der Waals surface area contributed by atoms with Crippen molar-refractivity contribution in [2.45, 2.75) is 17.8 Å². The van der Waals surface area contributed by atoms with Crippen LogP contribution in [0.15, 0.2) is 218 Å². The highest BCUT2D eigenvalue weighted by Gasteiger charge is 2.49. The first-order valence-corrected chi connectivity index (χ1v) is 21.1. The van der Waals surface area contributed by atoms with Gasteiger partial charge in [-0.05, 0) is 86.2 Å². The van der Waals surface area contributed by atoms with Gasteiger partial charge in [-0.2, -0.15) is 0 Å². The van der Waals surface area contributed by atoms with E-state index in [2.05, 4.69) is 236 Å². The number of aryl methyl sites for hydroxylation is 1. The first-order valence-electron chi connectivity index (χ1n) is 21.1. The lowest BCUT2D eigenvalue weighted by molar-refractivity contribution is 0.732. The molecule has 0 saturated carbocycles. The summed E-state index contributed by atoms with van der Waals surface area (Å²) >= 11 is 0. The van der Waals surface area contributed by atoms with Crippen LogP contribution in [0.25, 0.3) is 11.1 Å². The highest BCUT2D eigenvalue weighted by Crippen LogP contribution is 2.59. The van der Waals surface area contributed by atoms with Gasteiger partial charge in [-0.15, -0.1) is 0 Å². The van der Waals surface area contributed by atoms with Gasteiger partial charge in [0, 0.05) is 22.6 Å². The number of hydrogen-bond acceptors (Lipinski definition) is 2. The number of fused-ring (bicyclic) bond motifs is 6. The molecule has 0 spiro atoms. The summed E-state index contributed by atoms with van der Waals surface area (Å²) < 4.78 is 0. The zero-order valence-corrected chi connectivity index (χ0v) is 33.4. The Hall–Kier alpha value is -7.36. The summed E-state index contributed by atoms with van der Waals surface area (Å²) in [6.07, 6.45) is 0. The molecule has 2 nitrogen and oxygen atoms in total. The van der Waals surface area contributed by atoms with Gasteiger partial charge in [-0.25, -0.2) is 0 Å². The van der Waals surface area contributed by atoms with Crippen LogP contribution in [0.2, 0.25) is 0 Å². The molecule has 0 radical (unpaired) electrons. The summed E-state index contributed by atoms with van der Waals surface area (Å²) in [7, 11) is 0.815. The van der Waals surface area contributed by atoms with Gasteiger partial charge in [-0.3, -0.25) is 0 Å². The summed E-state index contributed by atoms with van der Waals surface area (Å²) in [6, 6.07) is 81.2. The highest BCUT2D eigenvalue weighted by atomic mass is 15.2. The van der Waals surface area contributed by atoms with Crippen LogP contribution in [0.5, 0.6) is 0 Å². The van der Waals surface area contributed by atoms with E-state index in [4.69, 9.17) is 0 Å². The number of nitrogens with zero attached hydrogens (tertiary/aromatic N) is 1. The van der Waals surface area contributed by atoms with Gasteiger partial charge in [-0.1, -0.05) is 206 Å². The van der Waals surface area contributed by atoms with E-state index in [-0.39, 0.29) is 0 Å². The quantitative estimate of drug-likeness (QED) is 0.176.